The topological polar surface area (TPSA) is 59.2 Å². The number of hydrogen-bond acceptors (Lipinski definition) is 3. The monoisotopic (exact) mass is 275 g/mol. The van der Waals surface area contributed by atoms with E-state index in [4.69, 9.17) is 5.73 Å². The first-order valence-corrected chi connectivity index (χ1v) is 7.53. The molecule has 0 aliphatic heterocycles. The maximum absolute atomic E-state index is 12.7. The molecule has 2 rings (SSSR count). The van der Waals surface area contributed by atoms with Gasteiger partial charge in [0.2, 0.25) is 5.91 Å². The molecule has 2 N–H and O–H groups in total. The van der Waals surface area contributed by atoms with E-state index in [1.54, 1.807) is 12.4 Å². The highest BCUT2D eigenvalue weighted by atomic mass is 16.2. The molecule has 3 unspecified atom stereocenters. The van der Waals surface area contributed by atoms with Gasteiger partial charge >= 0.3 is 0 Å². The van der Waals surface area contributed by atoms with Crippen molar-refractivity contribution in [2.75, 3.05) is 7.05 Å². The molecule has 1 saturated carbocycles. The molecule has 1 aromatic heterocycles. The fourth-order valence-electron chi connectivity index (χ4n) is 2.96. The number of hydrogen-bond donors (Lipinski definition) is 1. The van der Waals surface area contributed by atoms with Crippen LogP contribution in [-0.4, -0.2) is 28.9 Å². The van der Waals surface area contributed by atoms with Crippen LogP contribution in [0.2, 0.25) is 0 Å². The average molecular weight is 275 g/mol. The van der Waals surface area contributed by atoms with Crippen molar-refractivity contribution in [2.24, 2.45) is 11.7 Å². The first-order valence-electron chi connectivity index (χ1n) is 7.53. The number of aromatic nitrogens is 1. The second-order valence-electron chi connectivity index (χ2n) is 5.81. The maximum atomic E-state index is 12.7. The summed E-state index contributed by atoms with van der Waals surface area (Å²) >= 11 is 0. The predicted octanol–water partition coefficient (Wildman–Crippen LogP) is 2.51. The van der Waals surface area contributed by atoms with Gasteiger partial charge in [-0.05, 0) is 37.5 Å². The summed E-state index contributed by atoms with van der Waals surface area (Å²) in [5.74, 6) is 0.162. The van der Waals surface area contributed by atoms with Gasteiger partial charge in [-0.2, -0.15) is 0 Å². The van der Waals surface area contributed by atoms with Gasteiger partial charge < -0.3 is 10.6 Å². The number of amides is 1. The zero-order valence-electron chi connectivity index (χ0n) is 12.5. The number of carbonyl (C=O) groups excluding carboxylic acids is 1. The van der Waals surface area contributed by atoms with E-state index in [2.05, 4.69) is 11.9 Å². The number of rotatable bonds is 3. The summed E-state index contributed by atoms with van der Waals surface area (Å²) < 4.78 is 0. The van der Waals surface area contributed by atoms with E-state index < -0.39 is 0 Å². The Kier molecular flexibility index (Phi) is 5.12. The van der Waals surface area contributed by atoms with Gasteiger partial charge in [-0.3, -0.25) is 9.78 Å². The van der Waals surface area contributed by atoms with Gasteiger partial charge in [0.25, 0.3) is 0 Å². The second-order valence-corrected chi connectivity index (χ2v) is 5.81. The lowest BCUT2D eigenvalue weighted by atomic mass is 9.93. The third kappa shape index (κ3) is 3.37. The maximum Gasteiger partial charge on any atom is 0.227 e. The molecule has 1 amide bonds. The van der Waals surface area contributed by atoms with Crippen LogP contribution in [0.4, 0.5) is 0 Å². The van der Waals surface area contributed by atoms with E-state index in [0.717, 1.165) is 31.2 Å². The van der Waals surface area contributed by atoms with Gasteiger partial charge in [0.05, 0.1) is 12.0 Å². The van der Waals surface area contributed by atoms with Crippen LogP contribution >= 0.6 is 0 Å². The summed E-state index contributed by atoms with van der Waals surface area (Å²) in [6.45, 7) is 2.05. The summed E-state index contributed by atoms with van der Waals surface area (Å²) in [7, 11) is 1.88. The Morgan fingerprint density at radius 2 is 1.95 bits per heavy atom. The van der Waals surface area contributed by atoms with Crippen LogP contribution in [0.15, 0.2) is 24.5 Å². The first-order chi connectivity index (χ1) is 9.61. The Hall–Kier alpha value is -1.42. The van der Waals surface area contributed by atoms with E-state index in [9.17, 15) is 4.79 Å². The van der Waals surface area contributed by atoms with Gasteiger partial charge in [0.15, 0.2) is 0 Å². The summed E-state index contributed by atoms with van der Waals surface area (Å²) in [5, 5.41) is 0. The molecule has 1 aromatic rings. The molecule has 1 aliphatic rings. The van der Waals surface area contributed by atoms with Crippen LogP contribution in [0, 0.1) is 5.92 Å². The van der Waals surface area contributed by atoms with Gasteiger partial charge in [-0.25, -0.2) is 0 Å². The van der Waals surface area contributed by atoms with Crippen LogP contribution in [0.1, 0.15) is 50.6 Å². The van der Waals surface area contributed by atoms with Crippen molar-refractivity contribution in [3.8, 4) is 0 Å². The van der Waals surface area contributed by atoms with Crippen molar-refractivity contribution in [2.45, 2.75) is 51.1 Å². The van der Waals surface area contributed by atoms with E-state index in [-0.39, 0.29) is 23.9 Å². The van der Waals surface area contributed by atoms with Crippen LogP contribution in [0.25, 0.3) is 0 Å². The number of nitrogens with zero attached hydrogens (tertiary/aromatic N) is 2. The molecule has 0 saturated heterocycles. The molecular formula is C16H25N3O. The van der Waals surface area contributed by atoms with Gasteiger partial charge in [0, 0.05) is 25.5 Å². The van der Waals surface area contributed by atoms with Gasteiger partial charge in [-0.15, -0.1) is 0 Å². The minimum atomic E-state index is -0.0215. The summed E-state index contributed by atoms with van der Waals surface area (Å²) in [6.07, 6.45) is 8.88. The quantitative estimate of drug-likeness (QED) is 0.862. The molecule has 4 nitrogen and oxygen atoms in total. The molecule has 0 bridgehead atoms. The summed E-state index contributed by atoms with van der Waals surface area (Å²) in [5.41, 5.74) is 7.31. The smallest absolute Gasteiger partial charge is 0.227 e. The molecular weight excluding hydrogens is 250 g/mol. The highest BCUT2D eigenvalue weighted by Gasteiger charge is 2.31. The Bertz CT molecular complexity index is 435. The van der Waals surface area contributed by atoms with Crippen molar-refractivity contribution in [3.05, 3.63) is 30.1 Å². The van der Waals surface area contributed by atoms with Crippen LogP contribution in [0.3, 0.4) is 0 Å². The first kappa shape index (κ1) is 15.0. The minimum absolute atomic E-state index is 0.0112. The van der Waals surface area contributed by atoms with E-state index in [1.165, 1.54) is 6.42 Å². The minimum Gasteiger partial charge on any atom is -0.339 e. The third-order valence-corrected chi connectivity index (χ3v) is 4.50. The lowest BCUT2D eigenvalue weighted by Crippen LogP contribution is -2.43. The molecule has 1 aliphatic carbocycles. The van der Waals surface area contributed by atoms with E-state index >= 15 is 0 Å². The van der Waals surface area contributed by atoms with E-state index in [0.29, 0.717) is 0 Å². The Morgan fingerprint density at radius 3 is 2.65 bits per heavy atom. The lowest BCUT2D eigenvalue weighted by Gasteiger charge is -2.31. The number of pyridine rings is 1. The zero-order valence-corrected chi connectivity index (χ0v) is 12.5. The average Bonchev–Trinajstić information content (AvgIpc) is 2.70. The third-order valence-electron chi connectivity index (χ3n) is 4.50. The molecule has 0 spiro atoms. The van der Waals surface area contributed by atoms with Crippen molar-refractivity contribution < 1.29 is 4.79 Å². The normalized spacial score (nSPS) is 24.8. The van der Waals surface area contributed by atoms with Crippen LogP contribution in [-0.2, 0) is 4.79 Å². The van der Waals surface area contributed by atoms with Crippen molar-refractivity contribution in [3.63, 3.8) is 0 Å². The molecule has 20 heavy (non-hydrogen) atoms. The van der Waals surface area contributed by atoms with Crippen molar-refractivity contribution in [1.29, 1.82) is 0 Å². The molecule has 0 radical (unpaired) electrons. The van der Waals surface area contributed by atoms with Crippen LogP contribution in [0.5, 0.6) is 0 Å². The van der Waals surface area contributed by atoms with Crippen molar-refractivity contribution >= 4 is 5.91 Å². The van der Waals surface area contributed by atoms with Crippen molar-refractivity contribution in [1.82, 2.24) is 9.88 Å². The predicted molar refractivity (Wildman–Crippen MR) is 80.0 cm³/mol. The van der Waals surface area contributed by atoms with E-state index in [1.807, 2.05) is 24.1 Å². The van der Waals surface area contributed by atoms with Gasteiger partial charge in [0.1, 0.15) is 0 Å². The fourth-order valence-corrected chi connectivity index (χ4v) is 2.96. The SMILES string of the molecule is CC(c1ccncc1)N(C)C(=O)C1CCCCCC1N. The molecule has 1 heterocycles. The lowest BCUT2D eigenvalue weighted by molar-refractivity contribution is -0.137. The Labute approximate surface area is 121 Å². The van der Waals surface area contributed by atoms with Gasteiger partial charge in [-0.1, -0.05) is 19.3 Å². The highest BCUT2D eigenvalue weighted by molar-refractivity contribution is 5.79. The molecule has 4 heteroatoms. The van der Waals surface area contributed by atoms with Crippen LogP contribution < -0.4 is 5.73 Å². The summed E-state index contributed by atoms with van der Waals surface area (Å²) in [6, 6.07) is 3.99. The number of carbonyl (C=O) groups is 1. The fraction of sp³-hybridized carbons (Fsp3) is 0.625. The molecule has 1 fully saturated rings. The molecule has 110 valence electrons. The standard InChI is InChI=1S/C16H25N3O/c1-12(13-8-10-18-11-9-13)19(2)16(20)14-6-4-3-5-7-15(14)17/h8-12,14-15H,3-7,17H2,1-2H3. The number of nitrogens with two attached hydrogens (primary N) is 1. The zero-order chi connectivity index (χ0) is 14.5. The highest BCUT2D eigenvalue weighted by Crippen LogP contribution is 2.27. The molecule has 0 aromatic carbocycles. The molecule has 3 atom stereocenters. The largest absolute Gasteiger partial charge is 0.339 e. The Balaban J connectivity index is 2.07. The second kappa shape index (κ2) is 6.84. The summed E-state index contributed by atoms with van der Waals surface area (Å²) in [4.78, 5) is 18.6. The Morgan fingerprint density at radius 1 is 1.30 bits per heavy atom.